The number of rotatable bonds is 7. The van der Waals surface area contributed by atoms with Crippen LogP contribution in [0.25, 0.3) is 0 Å². The minimum Gasteiger partial charge on any atom is -0.370 e. The largest absolute Gasteiger partial charge is 0.370 e. The molecular weight excluding hydrogens is 437 g/mol. The third kappa shape index (κ3) is 6.63. The van der Waals surface area contributed by atoms with E-state index in [-0.39, 0.29) is 24.0 Å². The zero-order valence-corrected chi connectivity index (χ0v) is 18.8. The highest BCUT2D eigenvalue weighted by molar-refractivity contribution is 14.0. The van der Waals surface area contributed by atoms with Crippen molar-refractivity contribution in [1.29, 1.82) is 0 Å². The molecule has 0 radical (unpaired) electrons. The van der Waals surface area contributed by atoms with Gasteiger partial charge in [0, 0.05) is 24.5 Å². The van der Waals surface area contributed by atoms with Crippen molar-refractivity contribution in [3.63, 3.8) is 0 Å². The maximum Gasteiger partial charge on any atom is 0.193 e. The summed E-state index contributed by atoms with van der Waals surface area (Å²) in [6, 6.07) is 10.5. The minimum absolute atomic E-state index is 0. The average Bonchev–Trinajstić information content (AvgIpc) is 2.90. The molecule has 1 heterocycles. The predicted octanol–water partition coefficient (Wildman–Crippen LogP) is 4.69. The van der Waals surface area contributed by atoms with Gasteiger partial charge in [0.2, 0.25) is 0 Å². The van der Waals surface area contributed by atoms with Crippen LogP contribution < -0.4 is 11.1 Å². The van der Waals surface area contributed by atoms with Gasteiger partial charge < -0.3 is 11.1 Å². The van der Waals surface area contributed by atoms with Crippen LogP contribution in [0.5, 0.6) is 0 Å². The summed E-state index contributed by atoms with van der Waals surface area (Å²) in [5.74, 6) is 1.40. The molecule has 0 saturated carbocycles. The molecule has 1 aromatic carbocycles. The number of hydrogen-bond acceptors (Lipinski definition) is 2. The second-order valence-electron chi connectivity index (χ2n) is 7.00. The van der Waals surface area contributed by atoms with Gasteiger partial charge in [0.25, 0.3) is 0 Å². The van der Waals surface area contributed by atoms with Gasteiger partial charge in [0.05, 0.1) is 5.69 Å². The van der Waals surface area contributed by atoms with Crippen molar-refractivity contribution >= 4 is 35.6 Å². The van der Waals surface area contributed by atoms with Gasteiger partial charge in [-0.1, -0.05) is 32.9 Å². The van der Waals surface area contributed by atoms with Crippen LogP contribution in [0, 0.1) is 19.8 Å². The number of halogens is 1. The lowest BCUT2D eigenvalue weighted by Crippen LogP contribution is -2.24. The van der Waals surface area contributed by atoms with Crippen molar-refractivity contribution < 1.29 is 0 Å². The van der Waals surface area contributed by atoms with Crippen molar-refractivity contribution in [2.75, 3.05) is 11.9 Å². The Labute approximate surface area is 174 Å². The van der Waals surface area contributed by atoms with E-state index in [1.807, 2.05) is 11.6 Å². The van der Waals surface area contributed by atoms with Crippen LogP contribution in [0.4, 0.5) is 5.69 Å². The van der Waals surface area contributed by atoms with E-state index in [1.54, 1.807) is 0 Å². The van der Waals surface area contributed by atoms with E-state index in [1.165, 1.54) is 11.3 Å². The van der Waals surface area contributed by atoms with Crippen LogP contribution in [0.3, 0.4) is 0 Å². The molecule has 0 bridgehead atoms. The maximum atomic E-state index is 6.02. The Morgan fingerprint density at radius 3 is 2.42 bits per heavy atom. The van der Waals surface area contributed by atoms with Gasteiger partial charge >= 0.3 is 0 Å². The summed E-state index contributed by atoms with van der Waals surface area (Å²) in [4.78, 5) is 4.47. The molecule has 0 aliphatic carbocycles. The molecule has 26 heavy (non-hydrogen) atoms. The first-order valence-electron chi connectivity index (χ1n) is 9.07. The summed E-state index contributed by atoms with van der Waals surface area (Å²) in [6.07, 6.45) is 1.14. The molecule has 2 rings (SSSR count). The average molecular weight is 469 g/mol. The van der Waals surface area contributed by atoms with Crippen LogP contribution in [0.15, 0.2) is 35.3 Å². The monoisotopic (exact) mass is 469 g/mol. The van der Waals surface area contributed by atoms with Crippen molar-refractivity contribution in [1.82, 2.24) is 9.78 Å². The van der Waals surface area contributed by atoms with Crippen LogP contribution in [0.2, 0.25) is 0 Å². The second kappa shape index (κ2) is 10.5. The van der Waals surface area contributed by atoms with Crippen LogP contribution in [0.1, 0.15) is 50.1 Å². The number of guanidine groups is 1. The first-order valence-corrected chi connectivity index (χ1v) is 9.07. The highest BCUT2D eigenvalue weighted by Crippen LogP contribution is 2.20. The van der Waals surface area contributed by atoms with Crippen molar-refractivity contribution in [3.05, 3.63) is 47.3 Å². The number of hydrogen-bond donors (Lipinski definition) is 2. The first-order chi connectivity index (χ1) is 11.9. The summed E-state index contributed by atoms with van der Waals surface area (Å²) in [5, 5.41) is 7.66. The standard InChI is InChI=1S/C20H31N5.HI/c1-6-15(3)18-7-9-19(10-8-18)23-20(21)22-12-14(2)13-25-17(5)11-16(4)24-25;/h7-11,14-15H,6,12-13H2,1-5H3,(H3,21,22,23);1H. The van der Waals surface area contributed by atoms with E-state index in [0.29, 0.717) is 24.3 Å². The fourth-order valence-corrected chi connectivity index (χ4v) is 2.79. The summed E-state index contributed by atoms with van der Waals surface area (Å²) >= 11 is 0. The summed E-state index contributed by atoms with van der Waals surface area (Å²) in [7, 11) is 0. The molecule has 0 fully saturated rings. The number of nitrogens with zero attached hydrogens (tertiary/aromatic N) is 3. The first kappa shape index (κ1) is 22.5. The molecule has 3 N–H and O–H groups in total. The number of aliphatic imine (C=N–C) groups is 1. The molecule has 2 unspecified atom stereocenters. The molecule has 2 aromatic rings. The lowest BCUT2D eigenvalue weighted by molar-refractivity contribution is 0.450. The molecule has 0 aliphatic rings. The van der Waals surface area contributed by atoms with E-state index in [4.69, 9.17) is 5.73 Å². The lowest BCUT2D eigenvalue weighted by Gasteiger charge is -2.12. The highest BCUT2D eigenvalue weighted by atomic mass is 127. The number of aryl methyl sites for hydroxylation is 2. The summed E-state index contributed by atoms with van der Waals surface area (Å²) in [5.41, 5.74) is 10.6. The number of nitrogens with two attached hydrogens (primary N) is 1. The van der Waals surface area contributed by atoms with E-state index < -0.39 is 0 Å². The molecule has 0 amide bonds. The number of benzene rings is 1. The van der Waals surface area contributed by atoms with Gasteiger partial charge in [0.15, 0.2) is 5.96 Å². The molecule has 0 spiro atoms. The Hall–Kier alpha value is -1.57. The van der Waals surface area contributed by atoms with Crippen molar-refractivity contribution in [3.8, 4) is 0 Å². The van der Waals surface area contributed by atoms with Crippen LogP contribution >= 0.6 is 24.0 Å². The van der Waals surface area contributed by atoms with Gasteiger partial charge in [-0.3, -0.25) is 9.67 Å². The van der Waals surface area contributed by atoms with Crippen LogP contribution in [-0.4, -0.2) is 22.3 Å². The van der Waals surface area contributed by atoms with Crippen LogP contribution in [-0.2, 0) is 6.54 Å². The Morgan fingerprint density at radius 2 is 1.88 bits per heavy atom. The Morgan fingerprint density at radius 1 is 1.23 bits per heavy atom. The highest BCUT2D eigenvalue weighted by Gasteiger charge is 2.07. The van der Waals surface area contributed by atoms with Gasteiger partial charge in [-0.25, -0.2) is 0 Å². The summed E-state index contributed by atoms with van der Waals surface area (Å²) < 4.78 is 2.03. The summed E-state index contributed by atoms with van der Waals surface area (Å²) in [6.45, 7) is 12.2. The molecule has 0 saturated heterocycles. The minimum atomic E-state index is 0. The molecular formula is C20H32IN5. The van der Waals surface area contributed by atoms with E-state index in [2.05, 4.69) is 73.4 Å². The van der Waals surface area contributed by atoms with Crippen molar-refractivity contribution in [2.45, 2.75) is 53.5 Å². The Bertz CT molecular complexity index is 705. The fourth-order valence-electron chi connectivity index (χ4n) is 2.79. The zero-order chi connectivity index (χ0) is 18.4. The quantitative estimate of drug-likeness (QED) is 0.351. The lowest BCUT2D eigenvalue weighted by atomic mass is 9.99. The maximum absolute atomic E-state index is 6.02. The zero-order valence-electron chi connectivity index (χ0n) is 16.5. The molecule has 144 valence electrons. The molecule has 6 heteroatoms. The number of anilines is 1. The van der Waals surface area contributed by atoms with E-state index in [0.717, 1.165) is 24.3 Å². The number of aromatic nitrogens is 2. The molecule has 0 aliphatic heterocycles. The molecule has 5 nitrogen and oxygen atoms in total. The topological polar surface area (TPSA) is 68.2 Å². The molecule has 1 aromatic heterocycles. The Kier molecular flexibility index (Phi) is 9.12. The molecule has 2 atom stereocenters. The third-order valence-electron chi connectivity index (χ3n) is 4.53. The Balaban J connectivity index is 0.00000338. The smallest absolute Gasteiger partial charge is 0.193 e. The van der Waals surface area contributed by atoms with Crippen molar-refractivity contribution in [2.24, 2.45) is 16.6 Å². The van der Waals surface area contributed by atoms with E-state index >= 15 is 0 Å². The SMILES string of the molecule is CCC(C)c1ccc(NC(N)=NCC(C)Cn2nc(C)cc2C)cc1.I. The number of nitrogens with one attached hydrogen (secondary N) is 1. The predicted molar refractivity (Wildman–Crippen MR) is 122 cm³/mol. The van der Waals surface area contributed by atoms with Gasteiger partial charge in [-0.2, -0.15) is 5.10 Å². The van der Waals surface area contributed by atoms with Gasteiger partial charge in [0.1, 0.15) is 0 Å². The van der Waals surface area contributed by atoms with E-state index in [9.17, 15) is 0 Å². The van der Waals surface area contributed by atoms with Gasteiger partial charge in [-0.15, -0.1) is 24.0 Å². The normalized spacial score (nSPS) is 13.8. The third-order valence-corrected chi connectivity index (χ3v) is 4.53. The van der Waals surface area contributed by atoms with Gasteiger partial charge in [-0.05, 0) is 55.9 Å². The fraction of sp³-hybridized carbons (Fsp3) is 0.500. The second-order valence-corrected chi connectivity index (χ2v) is 7.00.